The SMILES string of the molecule is CS(=O)(=O)N(Cc1ccc(C(=O)Nc2cccc(C(F)(F)F)c2)cc1)c1cccc(Cl)c1Cl. The van der Waals surface area contributed by atoms with Crippen LogP contribution in [0.1, 0.15) is 21.5 Å². The quantitative estimate of drug-likeness (QED) is 0.422. The molecule has 3 aromatic carbocycles. The van der Waals surface area contributed by atoms with E-state index in [1.807, 2.05) is 0 Å². The van der Waals surface area contributed by atoms with E-state index in [1.54, 1.807) is 6.07 Å². The van der Waals surface area contributed by atoms with Gasteiger partial charge in [0.1, 0.15) is 0 Å². The number of hydrogen-bond acceptors (Lipinski definition) is 3. The van der Waals surface area contributed by atoms with Crippen LogP contribution in [0.5, 0.6) is 0 Å². The van der Waals surface area contributed by atoms with E-state index in [0.29, 0.717) is 5.56 Å². The summed E-state index contributed by atoms with van der Waals surface area (Å²) < 4.78 is 64.4. The second-order valence-corrected chi connectivity index (χ2v) is 9.76. The minimum atomic E-state index is -4.53. The average Bonchev–Trinajstić information content (AvgIpc) is 2.73. The van der Waals surface area contributed by atoms with Gasteiger partial charge in [-0.25, -0.2) is 8.42 Å². The average molecular weight is 517 g/mol. The molecule has 3 rings (SSSR count). The molecule has 33 heavy (non-hydrogen) atoms. The van der Waals surface area contributed by atoms with Crippen molar-refractivity contribution in [3.05, 3.63) is 93.5 Å². The first-order chi connectivity index (χ1) is 15.4. The number of benzene rings is 3. The van der Waals surface area contributed by atoms with Crippen LogP contribution < -0.4 is 9.62 Å². The Morgan fingerprint density at radius 3 is 2.24 bits per heavy atom. The standard InChI is InChI=1S/C22H17Cl2F3N2O3S/c1-33(31,32)29(19-7-3-6-18(23)20(19)24)13-14-8-10-15(11-9-14)21(30)28-17-5-2-4-16(12-17)22(25,26)27/h2-12H,13H2,1H3,(H,28,30). The number of nitrogens with one attached hydrogen (secondary N) is 1. The Morgan fingerprint density at radius 1 is 1.00 bits per heavy atom. The number of rotatable bonds is 6. The Balaban J connectivity index is 1.79. The van der Waals surface area contributed by atoms with Gasteiger partial charge in [0.15, 0.2) is 0 Å². The summed E-state index contributed by atoms with van der Waals surface area (Å²) in [4.78, 5) is 12.4. The molecule has 0 aliphatic rings. The normalized spacial score (nSPS) is 11.8. The molecule has 3 aromatic rings. The zero-order chi connectivity index (χ0) is 24.4. The van der Waals surface area contributed by atoms with E-state index in [-0.39, 0.29) is 33.5 Å². The molecule has 0 fully saturated rings. The predicted octanol–water partition coefficient (Wildman–Crippen LogP) is 6.23. The van der Waals surface area contributed by atoms with Gasteiger partial charge in [0.25, 0.3) is 5.91 Å². The molecule has 0 aromatic heterocycles. The molecule has 0 spiro atoms. The van der Waals surface area contributed by atoms with Gasteiger partial charge >= 0.3 is 6.18 Å². The van der Waals surface area contributed by atoms with Gasteiger partial charge in [-0.2, -0.15) is 13.2 Å². The van der Waals surface area contributed by atoms with Crippen molar-refractivity contribution in [3.63, 3.8) is 0 Å². The Labute approximate surface area is 198 Å². The largest absolute Gasteiger partial charge is 0.416 e. The molecule has 0 radical (unpaired) electrons. The topological polar surface area (TPSA) is 66.5 Å². The maximum absolute atomic E-state index is 12.9. The van der Waals surface area contributed by atoms with E-state index in [2.05, 4.69) is 5.32 Å². The first-order valence-electron chi connectivity index (χ1n) is 9.35. The summed E-state index contributed by atoms with van der Waals surface area (Å²) in [6.45, 7) is -0.0750. The molecule has 5 nitrogen and oxygen atoms in total. The minimum Gasteiger partial charge on any atom is -0.322 e. The highest BCUT2D eigenvalue weighted by Gasteiger charge is 2.30. The molecule has 1 N–H and O–H groups in total. The lowest BCUT2D eigenvalue weighted by Crippen LogP contribution is -2.29. The van der Waals surface area contributed by atoms with Crippen molar-refractivity contribution in [3.8, 4) is 0 Å². The van der Waals surface area contributed by atoms with Crippen LogP contribution in [-0.2, 0) is 22.7 Å². The zero-order valence-corrected chi connectivity index (χ0v) is 19.4. The van der Waals surface area contributed by atoms with Crippen molar-refractivity contribution < 1.29 is 26.4 Å². The number of sulfonamides is 1. The third kappa shape index (κ3) is 6.19. The molecular formula is C22H17Cl2F3N2O3S. The summed E-state index contributed by atoms with van der Waals surface area (Å²) in [6.07, 6.45) is -3.50. The number of alkyl halides is 3. The van der Waals surface area contributed by atoms with Gasteiger partial charge in [0.2, 0.25) is 10.0 Å². The number of nitrogens with zero attached hydrogens (tertiary/aromatic N) is 1. The van der Waals surface area contributed by atoms with Crippen LogP contribution in [-0.4, -0.2) is 20.6 Å². The van der Waals surface area contributed by atoms with Gasteiger partial charge in [-0.1, -0.05) is 47.5 Å². The molecule has 0 saturated carbocycles. The molecular weight excluding hydrogens is 500 g/mol. The molecule has 0 heterocycles. The summed E-state index contributed by atoms with van der Waals surface area (Å²) in [5.41, 5.74) is 0.0573. The number of carbonyl (C=O) groups excluding carboxylic acids is 1. The number of halogens is 5. The van der Waals surface area contributed by atoms with Crippen molar-refractivity contribution in [2.24, 2.45) is 0 Å². The fourth-order valence-electron chi connectivity index (χ4n) is 2.97. The molecule has 1 amide bonds. The van der Waals surface area contributed by atoms with E-state index in [1.165, 1.54) is 48.5 Å². The van der Waals surface area contributed by atoms with Crippen molar-refractivity contribution in [1.29, 1.82) is 0 Å². The van der Waals surface area contributed by atoms with Crippen molar-refractivity contribution in [1.82, 2.24) is 0 Å². The molecule has 0 aliphatic carbocycles. The van der Waals surface area contributed by atoms with E-state index in [9.17, 15) is 26.4 Å². The first-order valence-corrected chi connectivity index (χ1v) is 12.0. The number of hydrogen-bond donors (Lipinski definition) is 1. The summed E-state index contributed by atoms with van der Waals surface area (Å²) in [5, 5.41) is 2.70. The van der Waals surface area contributed by atoms with Crippen LogP contribution in [0.15, 0.2) is 66.7 Å². The predicted molar refractivity (Wildman–Crippen MR) is 123 cm³/mol. The summed E-state index contributed by atoms with van der Waals surface area (Å²) in [6, 6.07) is 14.9. The van der Waals surface area contributed by atoms with E-state index in [4.69, 9.17) is 23.2 Å². The van der Waals surface area contributed by atoms with Gasteiger partial charge in [0, 0.05) is 11.3 Å². The zero-order valence-electron chi connectivity index (χ0n) is 17.0. The van der Waals surface area contributed by atoms with Gasteiger partial charge in [-0.15, -0.1) is 0 Å². The third-order valence-corrected chi connectivity index (χ3v) is 6.53. The highest BCUT2D eigenvalue weighted by atomic mass is 35.5. The Morgan fingerprint density at radius 2 is 1.64 bits per heavy atom. The molecule has 0 aliphatic heterocycles. The van der Waals surface area contributed by atoms with Crippen LogP contribution in [0.3, 0.4) is 0 Å². The minimum absolute atomic E-state index is 0.00208. The molecule has 11 heteroatoms. The number of anilines is 2. The molecule has 0 saturated heterocycles. The maximum Gasteiger partial charge on any atom is 0.416 e. The maximum atomic E-state index is 12.9. The molecule has 0 bridgehead atoms. The highest BCUT2D eigenvalue weighted by molar-refractivity contribution is 7.92. The monoisotopic (exact) mass is 516 g/mol. The molecule has 0 unspecified atom stereocenters. The molecule has 174 valence electrons. The van der Waals surface area contributed by atoms with Crippen molar-refractivity contribution >= 4 is 50.5 Å². The first kappa shape index (κ1) is 24.9. The second-order valence-electron chi connectivity index (χ2n) is 7.07. The summed E-state index contributed by atoms with van der Waals surface area (Å²) in [7, 11) is -3.72. The van der Waals surface area contributed by atoms with E-state index < -0.39 is 27.7 Å². The second kappa shape index (κ2) is 9.62. The number of amides is 1. The Hall–Kier alpha value is -2.75. The smallest absolute Gasteiger partial charge is 0.322 e. The summed E-state index contributed by atoms with van der Waals surface area (Å²) in [5.74, 6) is -0.612. The third-order valence-electron chi connectivity index (χ3n) is 4.59. The van der Waals surface area contributed by atoms with Gasteiger partial charge in [0.05, 0.1) is 34.1 Å². The lowest BCUT2D eigenvalue weighted by molar-refractivity contribution is -0.137. The van der Waals surface area contributed by atoms with E-state index >= 15 is 0 Å². The Kier molecular flexibility index (Phi) is 7.26. The van der Waals surface area contributed by atoms with Gasteiger partial charge in [-0.05, 0) is 48.0 Å². The van der Waals surface area contributed by atoms with Crippen LogP contribution in [0.2, 0.25) is 10.0 Å². The fourth-order valence-corrected chi connectivity index (χ4v) is 4.31. The highest BCUT2D eigenvalue weighted by Crippen LogP contribution is 2.34. The number of carbonyl (C=O) groups is 1. The van der Waals surface area contributed by atoms with Crippen LogP contribution in [0.25, 0.3) is 0 Å². The van der Waals surface area contributed by atoms with Gasteiger partial charge < -0.3 is 5.32 Å². The van der Waals surface area contributed by atoms with Crippen LogP contribution in [0.4, 0.5) is 24.5 Å². The van der Waals surface area contributed by atoms with Crippen LogP contribution >= 0.6 is 23.2 Å². The fraction of sp³-hybridized carbons (Fsp3) is 0.136. The van der Waals surface area contributed by atoms with Crippen molar-refractivity contribution in [2.75, 3.05) is 15.9 Å². The lowest BCUT2D eigenvalue weighted by atomic mass is 10.1. The van der Waals surface area contributed by atoms with E-state index in [0.717, 1.165) is 22.7 Å². The van der Waals surface area contributed by atoms with Crippen molar-refractivity contribution in [2.45, 2.75) is 12.7 Å². The Bertz CT molecular complexity index is 1280. The van der Waals surface area contributed by atoms with Gasteiger partial charge in [-0.3, -0.25) is 9.10 Å². The van der Waals surface area contributed by atoms with Crippen LogP contribution in [0, 0.1) is 0 Å². The lowest BCUT2D eigenvalue weighted by Gasteiger charge is -2.24. The molecule has 0 atom stereocenters. The summed E-state index contributed by atoms with van der Waals surface area (Å²) >= 11 is 12.2.